The number of aliphatic hydroxyl groups is 1. The van der Waals surface area contributed by atoms with Crippen molar-refractivity contribution in [1.29, 1.82) is 0 Å². The molecule has 0 unspecified atom stereocenters. The number of hydrogen-bond donors (Lipinski definition) is 2. The number of hydrogen-bond acceptors (Lipinski definition) is 3. The average Bonchev–Trinajstić information content (AvgIpc) is 2.27. The highest BCUT2D eigenvalue weighted by atomic mass is 79.9. The zero-order valence-corrected chi connectivity index (χ0v) is 11.4. The molecule has 16 heavy (non-hydrogen) atoms. The van der Waals surface area contributed by atoms with E-state index >= 15 is 0 Å². The van der Waals surface area contributed by atoms with Crippen LogP contribution < -0.4 is 10.2 Å². The molecule has 0 amide bonds. The molecule has 0 aliphatic rings. The maximum atomic E-state index is 8.87. The molecule has 0 spiro atoms. The predicted molar refractivity (Wildman–Crippen MR) is 71.9 cm³/mol. The van der Waals surface area contributed by atoms with E-state index in [1.54, 1.807) is 0 Å². The van der Waals surface area contributed by atoms with Crippen LogP contribution in [0.3, 0.4) is 0 Å². The monoisotopic (exact) mass is 286 g/mol. The van der Waals surface area contributed by atoms with Gasteiger partial charge in [-0.15, -0.1) is 0 Å². The van der Waals surface area contributed by atoms with Crippen LogP contribution in [0.1, 0.15) is 12.5 Å². The summed E-state index contributed by atoms with van der Waals surface area (Å²) in [4.78, 5) is 2.03. The summed E-state index contributed by atoms with van der Waals surface area (Å²) in [6.45, 7) is 4.77. The van der Waals surface area contributed by atoms with Gasteiger partial charge in [0.25, 0.3) is 0 Å². The van der Waals surface area contributed by atoms with Crippen molar-refractivity contribution in [1.82, 2.24) is 5.32 Å². The number of aliphatic hydroxyl groups excluding tert-OH is 1. The van der Waals surface area contributed by atoms with Gasteiger partial charge in [-0.05, 0) is 24.2 Å². The van der Waals surface area contributed by atoms with E-state index in [1.165, 1.54) is 5.56 Å². The minimum absolute atomic E-state index is 0.174. The van der Waals surface area contributed by atoms with Gasteiger partial charge in [-0.2, -0.15) is 0 Å². The molecule has 0 aromatic heterocycles. The average molecular weight is 287 g/mol. The molecule has 0 fully saturated rings. The van der Waals surface area contributed by atoms with Crippen molar-refractivity contribution in [2.75, 3.05) is 31.6 Å². The molecule has 1 aromatic rings. The van der Waals surface area contributed by atoms with E-state index in [-0.39, 0.29) is 6.61 Å². The van der Waals surface area contributed by atoms with E-state index in [0.717, 1.165) is 23.2 Å². The molecule has 0 saturated heterocycles. The third kappa shape index (κ3) is 3.77. The van der Waals surface area contributed by atoms with Gasteiger partial charge < -0.3 is 15.3 Å². The van der Waals surface area contributed by atoms with Gasteiger partial charge in [-0.1, -0.05) is 28.9 Å². The van der Waals surface area contributed by atoms with Crippen LogP contribution in [-0.2, 0) is 6.54 Å². The molecule has 0 saturated carbocycles. The molecule has 1 rings (SSSR count). The molecule has 0 radical (unpaired) electrons. The normalized spacial score (nSPS) is 10.5. The number of nitrogens with one attached hydrogen (secondary N) is 1. The first kappa shape index (κ1) is 13.5. The summed E-state index contributed by atoms with van der Waals surface area (Å²) in [7, 11) is 1.97. The van der Waals surface area contributed by atoms with Crippen LogP contribution in [0.15, 0.2) is 22.7 Å². The first-order valence-electron chi connectivity index (χ1n) is 5.50. The van der Waals surface area contributed by atoms with Crippen LogP contribution in [0.2, 0.25) is 0 Å². The summed E-state index contributed by atoms with van der Waals surface area (Å²) in [5.74, 6) is 0. The van der Waals surface area contributed by atoms with Gasteiger partial charge in [0.2, 0.25) is 0 Å². The molecule has 0 atom stereocenters. The largest absolute Gasteiger partial charge is 0.395 e. The molecule has 0 aliphatic carbocycles. The molecular formula is C12H19BrN2O. The van der Waals surface area contributed by atoms with Crippen molar-refractivity contribution in [3.05, 3.63) is 28.2 Å². The number of benzene rings is 1. The summed E-state index contributed by atoms with van der Waals surface area (Å²) in [6, 6.07) is 6.27. The van der Waals surface area contributed by atoms with E-state index in [4.69, 9.17) is 5.11 Å². The molecule has 1 aromatic carbocycles. The molecular weight excluding hydrogens is 268 g/mol. The summed E-state index contributed by atoms with van der Waals surface area (Å²) in [6.07, 6.45) is 0. The zero-order chi connectivity index (χ0) is 12.0. The lowest BCUT2D eigenvalue weighted by molar-refractivity contribution is 0.304. The van der Waals surface area contributed by atoms with Crippen molar-refractivity contribution < 1.29 is 5.11 Å². The van der Waals surface area contributed by atoms with Crippen LogP contribution in [0.5, 0.6) is 0 Å². The van der Waals surface area contributed by atoms with Crippen molar-refractivity contribution in [2.45, 2.75) is 13.5 Å². The third-order valence-electron chi connectivity index (χ3n) is 2.48. The van der Waals surface area contributed by atoms with Crippen molar-refractivity contribution >= 4 is 21.6 Å². The van der Waals surface area contributed by atoms with E-state index < -0.39 is 0 Å². The lowest BCUT2D eigenvalue weighted by Gasteiger charge is -2.19. The third-order valence-corrected chi connectivity index (χ3v) is 3.22. The van der Waals surface area contributed by atoms with Gasteiger partial charge in [0, 0.05) is 30.3 Å². The second-order valence-corrected chi connectivity index (χ2v) is 4.56. The smallest absolute Gasteiger partial charge is 0.0606 e. The number of halogens is 1. The van der Waals surface area contributed by atoms with Crippen LogP contribution in [0.4, 0.5) is 5.69 Å². The Morgan fingerprint density at radius 1 is 1.44 bits per heavy atom. The summed E-state index contributed by atoms with van der Waals surface area (Å²) in [5, 5.41) is 12.2. The van der Waals surface area contributed by atoms with Gasteiger partial charge in [-0.25, -0.2) is 0 Å². The zero-order valence-electron chi connectivity index (χ0n) is 9.83. The van der Waals surface area contributed by atoms with Crippen molar-refractivity contribution in [3.8, 4) is 0 Å². The van der Waals surface area contributed by atoms with Gasteiger partial charge in [0.15, 0.2) is 0 Å². The maximum Gasteiger partial charge on any atom is 0.0606 e. The Kier molecular flexibility index (Phi) is 5.80. The number of rotatable bonds is 6. The van der Waals surface area contributed by atoms with E-state index in [1.807, 2.05) is 11.9 Å². The van der Waals surface area contributed by atoms with Gasteiger partial charge in [0.05, 0.1) is 6.61 Å². The molecule has 2 N–H and O–H groups in total. The molecule has 3 nitrogen and oxygen atoms in total. The van der Waals surface area contributed by atoms with Gasteiger partial charge in [-0.3, -0.25) is 0 Å². The Labute approximate surface area is 106 Å². The Morgan fingerprint density at radius 2 is 2.19 bits per heavy atom. The second kappa shape index (κ2) is 6.89. The highest BCUT2D eigenvalue weighted by Gasteiger charge is 2.04. The highest BCUT2D eigenvalue weighted by Crippen LogP contribution is 2.23. The van der Waals surface area contributed by atoms with Crippen LogP contribution in [-0.4, -0.2) is 31.9 Å². The molecule has 0 aliphatic heterocycles. The SMILES string of the molecule is CCNCc1ccc(N(C)CCO)cc1Br. The minimum atomic E-state index is 0.174. The predicted octanol–water partition coefficient (Wildman–Crippen LogP) is 1.99. The van der Waals surface area contributed by atoms with E-state index in [0.29, 0.717) is 6.54 Å². The summed E-state index contributed by atoms with van der Waals surface area (Å²) < 4.78 is 1.11. The lowest BCUT2D eigenvalue weighted by Crippen LogP contribution is -2.21. The number of likely N-dealkylation sites (N-methyl/N-ethyl adjacent to an activating group) is 1. The fourth-order valence-corrected chi connectivity index (χ4v) is 1.96. The van der Waals surface area contributed by atoms with Gasteiger partial charge in [0.1, 0.15) is 0 Å². The Morgan fingerprint density at radius 3 is 2.75 bits per heavy atom. The number of nitrogens with zero attached hydrogens (tertiary/aromatic N) is 1. The standard InChI is InChI=1S/C12H19BrN2O/c1-3-14-9-10-4-5-11(8-12(10)13)15(2)6-7-16/h4-5,8,14,16H,3,6-7,9H2,1-2H3. The van der Waals surface area contributed by atoms with Crippen LogP contribution >= 0.6 is 15.9 Å². The molecule has 0 bridgehead atoms. The molecule has 90 valence electrons. The Balaban J connectivity index is 2.73. The maximum absolute atomic E-state index is 8.87. The van der Waals surface area contributed by atoms with E-state index in [9.17, 15) is 0 Å². The Bertz CT molecular complexity index is 331. The highest BCUT2D eigenvalue weighted by molar-refractivity contribution is 9.10. The summed E-state index contributed by atoms with van der Waals surface area (Å²) >= 11 is 3.57. The van der Waals surface area contributed by atoms with Gasteiger partial charge >= 0.3 is 0 Å². The van der Waals surface area contributed by atoms with E-state index in [2.05, 4.69) is 46.4 Å². The Hall–Kier alpha value is -0.580. The lowest BCUT2D eigenvalue weighted by atomic mass is 10.2. The van der Waals surface area contributed by atoms with Crippen LogP contribution in [0, 0.1) is 0 Å². The summed E-state index contributed by atoms with van der Waals surface area (Å²) in [5.41, 5.74) is 2.36. The minimum Gasteiger partial charge on any atom is -0.395 e. The molecule has 0 heterocycles. The fourth-order valence-electron chi connectivity index (χ4n) is 1.46. The number of anilines is 1. The second-order valence-electron chi connectivity index (χ2n) is 3.70. The first-order valence-corrected chi connectivity index (χ1v) is 6.29. The molecule has 4 heteroatoms. The fraction of sp³-hybridized carbons (Fsp3) is 0.500. The van der Waals surface area contributed by atoms with Crippen LogP contribution in [0.25, 0.3) is 0 Å². The topological polar surface area (TPSA) is 35.5 Å². The quantitative estimate of drug-likeness (QED) is 0.840. The van der Waals surface area contributed by atoms with Crippen molar-refractivity contribution in [3.63, 3.8) is 0 Å². The first-order chi connectivity index (χ1) is 7.69. The van der Waals surface area contributed by atoms with Crippen molar-refractivity contribution in [2.24, 2.45) is 0 Å².